The first kappa shape index (κ1) is 11.4. The molecule has 1 aromatic heterocycles. The van der Waals surface area contributed by atoms with Gasteiger partial charge in [0.15, 0.2) is 0 Å². The molecule has 0 bridgehead atoms. The lowest BCUT2D eigenvalue weighted by atomic mass is 10.1. The van der Waals surface area contributed by atoms with Crippen molar-refractivity contribution in [2.24, 2.45) is 0 Å². The summed E-state index contributed by atoms with van der Waals surface area (Å²) in [6.07, 6.45) is 0. The second kappa shape index (κ2) is 3.76. The minimum atomic E-state index is -0.376. The fourth-order valence-corrected chi connectivity index (χ4v) is 1.79. The number of nitrogens with zero attached hydrogens (tertiary/aromatic N) is 3. The number of benzene rings is 1. The third-order valence-corrected chi connectivity index (χ3v) is 3.11. The zero-order chi connectivity index (χ0) is 12.7. The Morgan fingerprint density at radius 3 is 2.24 bits per heavy atom. The maximum atomic E-state index is 10.9. The van der Waals surface area contributed by atoms with E-state index in [2.05, 4.69) is 9.97 Å². The second-order valence-electron chi connectivity index (χ2n) is 4.16. The van der Waals surface area contributed by atoms with E-state index in [9.17, 15) is 10.1 Å². The molecule has 5 nitrogen and oxygen atoms in total. The van der Waals surface area contributed by atoms with Crippen molar-refractivity contribution in [3.63, 3.8) is 0 Å². The summed E-state index contributed by atoms with van der Waals surface area (Å²) in [5.74, 6) is 0. The number of fused-ring (bicyclic) bond motifs is 1. The van der Waals surface area contributed by atoms with Crippen LogP contribution in [0.1, 0.15) is 22.5 Å². The van der Waals surface area contributed by atoms with E-state index in [0.717, 1.165) is 22.5 Å². The third kappa shape index (κ3) is 1.73. The van der Waals surface area contributed by atoms with Gasteiger partial charge in [-0.2, -0.15) is 0 Å². The lowest BCUT2D eigenvalue weighted by molar-refractivity contribution is -0.385. The van der Waals surface area contributed by atoms with Crippen LogP contribution in [0, 0.1) is 37.8 Å². The highest BCUT2D eigenvalue weighted by atomic mass is 16.6. The molecule has 0 aliphatic carbocycles. The van der Waals surface area contributed by atoms with Gasteiger partial charge in [0.25, 0.3) is 5.69 Å². The molecule has 0 unspecified atom stereocenters. The fraction of sp³-hybridized carbons (Fsp3) is 0.333. The van der Waals surface area contributed by atoms with Crippen molar-refractivity contribution in [2.75, 3.05) is 0 Å². The molecule has 0 radical (unpaired) electrons. The van der Waals surface area contributed by atoms with Crippen LogP contribution in [0.25, 0.3) is 11.0 Å². The van der Waals surface area contributed by atoms with Crippen molar-refractivity contribution < 1.29 is 4.92 Å². The van der Waals surface area contributed by atoms with Crippen molar-refractivity contribution in [3.8, 4) is 0 Å². The molecular formula is C12H13N3O2. The third-order valence-electron chi connectivity index (χ3n) is 3.11. The zero-order valence-corrected chi connectivity index (χ0v) is 10.2. The molecule has 0 N–H and O–H groups in total. The van der Waals surface area contributed by atoms with Crippen molar-refractivity contribution in [3.05, 3.63) is 38.7 Å². The van der Waals surface area contributed by atoms with Crippen LogP contribution in [0.5, 0.6) is 0 Å². The molecule has 1 heterocycles. The van der Waals surface area contributed by atoms with Crippen molar-refractivity contribution >= 4 is 16.7 Å². The van der Waals surface area contributed by atoms with Gasteiger partial charge in [0.05, 0.1) is 27.3 Å². The van der Waals surface area contributed by atoms with Gasteiger partial charge < -0.3 is 0 Å². The Hall–Kier alpha value is -2.04. The molecule has 0 amide bonds. The van der Waals surface area contributed by atoms with Gasteiger partial charge in [-0.1, -0.05) is 0 Å². The summed E-state index contributed by atoms with van der Waals surface area (Å²) in [4.78, 5) is 19.4. The summed E-state index contributed by atoms with van der Waals surface area (Å²) in [6, 6.07) is 1.50. The number of nitro benzene ring substituents is 1. The number of nitro groups is 1. The van der Waals surface area contributed by atoms with E-state index in [1.807, 2.05) is 20.8 Å². The van der Waals surface area contributed by atoms with Crippen molar-refractivity contribution in [2.45, 2.75) is 27.7 Å². The number of rotatable bonds is 1. The summed E-state index contributed by atoms with van der Waals surface area (Å²) in [6.45, 7) is 7.32. The van der Waals surface area contributed by atoms with E-state index in [0.29, 0.717) is 11.1 Å². The normalized spacial score (nSPS) is 10.8. The SMILES string of the molecule is Cc1nc2cc([N+](=O)[O-])c(C)c(C)c2nc1C. The monoisotopic (exact) mass is 231 g/mol. The smallest absolute Gasteiger partial charge is 0.258 e. The Labute approximate surface area is 98.7 Å². The van der Waals surface area contributed by atoms with E-state index < -0.39 is 0 Å². The molecule has 0 saturated heterocycles. The first-order valence-corrected chi connectivity index (χ1v) is 5.31. The Kier molecular flexibility index (Phi) is 2.53. The minimum Gasteiger partial charge on any atom is -0.258 e. The highest BCUT2D eigenvalue weighted by Gasteiger charge is 2.17. The van der Waals surface area contributed by atoms with E-state index >= 15 is 0 Å². The lowest BCUT2D eigenvalue weighted by Gasteiger charge is -2.08. The average Bonchev–Trinajstić information content (AvgIpc) is 2.26. The fourth-order valence-electron chi connectivity index (χ4n) is 1.79. The second-order valence-corrected chi connectivity index (χ2v) is 4.16. The van der Waals surface area contributed by atoms with E-state index in [1.165, 1.54) is 6.07 Å². The van der Waals surface area contributed by atoms with Crippen LogP contribution in [-0.2, 0) is 0 Å². The summed E-state index contributed by atoms with van der Waals surface area (Å²) in [7, 11) is 0. The minimum absolute atomic E-state index is 0.104. The molecule has 0 saturated carbocycles. The average molecular weight is 231 g/mol. The molecule has 2 aromatic rings. The zero-order valence-electron chi connectivity index (χ0n) is 10.2. The van der Waals surface area contributed by atoms with Crippen molar-refractivity contribution in [1.82, 2.24) is 9.97 Å². The molecule has 2 rings (SSSR count). The molecule has 0 atom stereocenters. The van der Waals surface area contributed by atoms with Gasteiger partial charge in [-0.3, -0.25) is 10.1 Å². The van der Waals surface area contributed by atoms with Gasteiger partial charge in [-0.05, 0) is 33.3 Å². The highest BCUT2D eigenvalue weighted by molar-refractivity contribution is 5.83. The van der Waals surface area contributed by atoms with Crippen LogP contribution >= 0.6 is 0 Å². The first-order chi connectivity index (χ1) is 7.91. The number of hydrogen-bond acceptors (Lipinski definition) is 4. The molecule has 5 heteroatoms. The topological polar surface area (TPSA) is 68.9 Å². The predicted octanol–water partition coefficient (Wildman–Crippen LogP) is 2.77. The molecule has 88 valence electrons. The molecule has 0 spiro atoms. The van der Waals surface area contributed by atoms with Gasteiger partial charge >= 0.3 is 0 Å². The quantitative estimate of drug-likeness (QED) is 0.559. The Morgan fingerprint density at radius 2 is 1.65 bits per heavy atom. The van der Waals surface area contributed by atoms with Crippen LogP contribution < -0.4 is 0 Å². The predicted molar refractivity (Wildman–Crippen MR) is 65.1 cm³/mol. The van der Waals surface area contributed by atoms with E-state index in [4.69, 9.17) is 0 Å². The number of hydrogen-bond donors (Lipinski definition) is 0. The molecule has 0 fully saturated rings. The molecule has 1 aromatic carbocycles. The maximum absolute atomic E-state index is 10.9. The molecular weight excluding hydrogens is 218 g/mol. The summed E-state index contributed by atoms with van der Waals surface area (Å²) in [5, 5.41) is 10.9. The van der Waals surface area contributed by atoms with Gasteiger partial charge in [0.1, 0.15) is 0 Å². The maximum Gasteiger partial charge on any atom is 0.274 e. The van der Waals surface area contributed by atoms with Crippen LogP contribution in [-0.4, -0.2) is 14.9 Å². The lowest BCUT2D eigenvalue weighted by Crippen LogP contribution is -2.00. The first-order valence-electron chi connectivity index (χ1n) is 5.31. The standard InChI is InChI=1S/C12H13N3O2/c1-6-7(2)12-10(5-11(6)15(16)17)13-8(3)9(4)14-12/h5H,1-4H3. The van der Waals surface area contributed by atoms with Gasteiger partial charge in [-0.15, -0.1) is 0 Å². The Morgan fingerprint density at radius 1 is 1.06 bits per heavy atom. The van der Waals surface area contributed by atoms with E-state index in [-0.39, 0.29) is 10.6 Å². The largest absolute Gasteiger partial charge is 0.274 e. The Balaban J connectivity index is 2.91. The van der Waals surface area contributed by atoms with Crippen LogP contribution in [0.2, 0.25) is 0 Å². The molecule has 0 aliphatic heterocycles. The molecule has 17 heavy (non-hydrogen) atoms. The van der Waals surface area contributed by atoms with Crippen molar-refractivity contribution in [1.29, 1.82) is 0 Å². The van der Waals surface area contributed by atoms with Gasteiger partial charge in [0.2, 0.25) is 0 Å². The van der Waals surface area contributed by atoms with E-state index in [1.54, 1.807) is 6.92 Å². The molecule has 0 aliphatic rings. The summed E-state index contributed by atoms with van der Waals surface area (Å²) < 4.78 is 0. The van der Waals surface area contributed by atoms with Crippen LogP contribution in [0.3, 0.4) is 0 Å². The summed E-state index contributed by atoms with van der Waals surface area (Å²) >= 11 is 0. The van der Waals surface area contributed by atoms with Crippen LogP contribution in [0.15, 0.2) is 6.07 Å². The van der Waals surface area contributed by atoms with Gasteiger partial charge in [0, 0.05) is 11.6 Å². The van der Waals surface area contributed by atoms with Gasteiger partial charge in [-0.25, -0.2) is 9.97 Å². The van der Waals surface area contributed by atoms with Crippen LogP contribution in [0.4, 0.5) is 5.69 Å². The number of aromatic nitrogens is 2. The highest BCUT2D eigenvalue weighted by Crippen LogP contribution is 2.28. The Bertz CT molecular complexity index is 635. The number of aryl methyl sites for hydroxylation is 3. The summed E-state index contributed by atoms with van der Waals surface area (Å²) in [5.41, 5.74) is 4.57.